The van der Waals surface area contributed by atoms with Gasteiger partial charge in [-0.15, -0.1) is 11.3 Å². The molecule has 5 nitrogen and oxygen atoms in total. The Hall–Kier alpha value is -2.86. The number of benzene rings is 1. The van der Waals surface area contributed by atoms with E-state index in [2.05, 4.69) is 5.32 Å². The summed E-state index contributed by atoms with van der Waals surface area (Å²) in [6.07, 6.45) is 1.45. The van der Waals surface area contributed by atoms with Gasteiger partial charge in [0.1, 0.15) is 0 Å². The van der Waals surface area contributed by atoms with Crippen molar-refractivity contribution in [2.75, 3.05) is 12.4 Å². The number of nitrogens with one attached hydrogen (secondary N) is 1. The quantitative estimate of drug-likeness (QED) is 0.722. The molecule has 0 spiro atoms. The molecular weight excluding hydrogens is 348 g/mol. The standard InChI is InChI=1S/C20H20N2O3S/c1-13-6-7-15(11-16(13)21-19(23)17-5-4-9-25-17)20(24)22(3)12-18-14(2)8-10-26-18/h4-11H,12H2,1-3H3,(H,21,23). The van der Waals surface area contributed by atoms with Gasteiger partial charge in [-0.3, -0.25) is 9.59 Å². The summed E-state index contributed by atoms with van der Waals surface area (Å²) in [5.74, 6) is -0.206. The first-order valence-corrected chi connectivity index (χ1v) is 9.07. The number of amides is 2. The van der Waals surface area contributed by atoms with E-state index in [-0.39, 0.29) is 17.6 Å². The van der Waals surface area contributed by atoms with Gasteiger partial charge in [-0.05, 0) is 60.7 Å². The minimum Gasteiger partial charge on any atom is -0.459 e. The Bertz CT molecular complexity index is 928. The number of rotatable bonds is 5. The lowest BCUT2D eigenvalue weighted by Gasteiger charge is -2.18. The van der Waals surface area contributed by atoms with Crippen LogP contribution in [0.2, 0.25) is 0 Å². The van der Waals surface area contributed by atoms with Crippen LogP contribution in [0.25, 0.3) is 0 Å². The fourth-order valence-corrected chi connectivity index (χ4v) is 3.51. The average molecular weight is 368 g/mol. The molecule has 3 aromatic rings. The van der Waals surface area contributed by atoms with E-state index in [1.807, 2.05) is 31.4 Å². The number of nitrogens with zero attached hydrogens (tertiary/aromatic N) is 1. The van der Waals surface area contributed by atoms with Crippen LogP contribution in [0.1, 0.15) is 36.9 Å². The van der Waals surface area contributed by atoms with Gasteiger partial charge in [-0.2, -0.15) is 0 Å². The number of hydrogen-bond donors (Lipinski definition) is 1. The molecule has 2 heterocycles. The van der Waals surface area contributed by atoms with Crippen molar-refractivity contribution < 1.29 is 14.0 Å². The first kappa shape index (κ1) is 17.9. The Morgan fingerprint density at radius 3 is 2.62 bits per heavy atom. The van der Waals surface area contributed by atoms with Crippen molar-refractivity contribution in [2.45, 2.75) is 20.4 Å². The zero-order valence-corrected chi connectivity index (χ0v) is 15.7. The molecule has 1 N–H and O–H groups in total. The van der Waals surface area contributed by atoms with E-state index in [1.165, 1.54) is 16.7 Å². The zero-order valence-electron chi connectivity index (χ0n) is 14.9. The van der Waals surface area contributed by atoms with Crippen molar-refractivity contribution in [1.29, 1.82) is 0 Å². The predicted octanol–water partition coefficient (Wildman–Crippen LogP) is 4.48. The zero-order chi connectivity index (χ0) is 18.7. The highest BCUT2D eigenvalue weighted by molar-refractivity contribution is 7.10. The van der Waals surface area contributed by atoms with Crippen LogP contribution in [-0.2, 0) is 6.54 Å². The summed E-state index contributed by atoms with van der Waals surface area (Å²) in [6.45, 7) is 4.48. The van der Waals surface area contributed by atoms with Crippen molar-refractivity contribution in [3.63, 3.8) is 0 Å². The number of carbonyl (C=O) groups excluding carboxylic acids is 2. The number of hydrogen-bond acceptors (Lipinski definition) is 4. The molecule has 0 bridgehead atoms. The Labute approximate surface area is 156 Å². The van der Waals surface area contributed by atoms with Crippen LogP contribution in [0.3, 0.4) is 0 Å². The second-order valence-corrected chi connectivity index (χ2v) is 7.15. The number of anilines is 1. The average Bonchev–Trinajstić information content (AvgIpc) is 3.28. The fourth-order valence-electron chi connectivity index (χ4n) is 2.56. The molecule has 0 saturated heterocycles. The first-order valence-electron chi connectivity index (χ1n) is 8.19. The van der Waals surface area contributed by atoms with Crippen molar-refractivity contribution in [3.05, 3.63) is 75.4 Å². The number of furan rings is 1. The predicted molar refractivity (Wildman–Crippen MR) is 103 cm³/mol. The van der Waals surface area contributed by atoms with E-state index in [0.29, 0.717) is 17.8 Å². The minimum absolute atomic E-state index is 0.0914. The molecule has 0 aliphatic carbocycles. The maximum absolute atomic E-state index is 12.8. The highest BCUT2D eigenvalue weighted by Crippen LogP contribution is 2.21. The van der Waals surface area contributed by atoms with Gasteiger partial charge in [-0.1, -0.05) is 6.07 Å². The number of thiophene rings is 1. The molecule has 0 fully saturated rings. The lowest BCUT2D eigenvalue weighted by Crippen LogP contribution is -2.26. The van der Waals surface area contributed by atoms with E-state index in [0.717, 1.165) is 5.56 Å². The summed E-state index contributed by atoms with van der Waals surface area (Å²) in [5.41, 5.74) is 3.18. The molecule has 0 atom stereocenters. The van der Waals surface area contributed by atoms with Crippen molar-refractivity contribution in [1.82, 2.24) is 4.90 Å². The molecule has 26 heavy (non-hydrogen) atoms. The third-order valence-electron chi connectivity index (χ3n) is 4.17. The largest absolute Gasteiger partial charge is 0.459 e. The van der Waals surface area contributed by atoms with E-state index >= 15 is 0 Å². The van der Waals surface area contributed by atoms with E-state index in [4.69, 9.17) is 4.42 Å². The Morgan fingerprint density at radius 1 is 1.15 bits per heavy atom. The summed E-state index contributed by atoms with van der Waals surface area (Å²) >= 11 is 1.64. The van der Waals surface area contributed by atoms with Gasteiger partial charge in [0.05, 0.1) is 12.8 Å². The summed E-state index contributed by atoms with van der Waals surface area (Å²) in [5, 5.41) is 4.83. The lowest BCUT2D eigenvalue weighted by molar-refractivity contribution is 0.0786. The highest BCUT2D eigenvalue weighted by Gasteiger charge is 2.16. The van der Waals surface area contributed by atoms with Gasteiger partial charge in [0.15, 0.2) is 5.76 Å². The fraction of sp³-hybridized carbons (Fsp3) is 0.200. The summed E-state index contributed by atoms with van der Waals surface area (Å²) in [6, 6.07) is 10.6. The maximum Gasteiger partial charge on any atom is 0.291 e. The molecule has 0 aliphatic heterocycles. The second kappa shape index (κ2) is 7.58. The van der Waals surface area contributed by atoms with Crippen LogP contribution >= 0.6 is 11.3 Å². The van der Waals surface area contributed by atoms with E-state index in [9.17, 15) is 9.59 Å². The van der Waals surface area contributed by atoms with E-state index in [1.54, 1.807) is 47.5 Å². The molecule has 6 heteroatoms. The van der Waals surface area contributed by atoms with E-state index < -0.39 is 0 Å². The van der Waals surface area contributed by atoms with Crippen molar-refractivity contribution in [2.24, 2.45) is 0 Å². The van der Waals surface area contributed by atoms with Gasteiger partial charge in [-0.25, -0.2) is 0 Å². The first-order chi connectivity index (χ1) is 12.5. The molecule has 3 rings (SSSR count). The lowest BCUT2D eigenvalue weighted by atomic mass is 10.1. The molecule has 2 amide bonds. The molecule has 0 aliphatic rings. The smallest absolute Gasteiger partial charge is 0.291 e. The molecular formula is C20H20N2O3S. The molecule has 1 aromatic carbocycles. The Morgan fingerprint density at radius 2 is 1.96 bits per heavy atom. The van der Waals surface area contributed by atoms with Gasteiger partial charge < -0.3 is 14.6 Å². The minimum atomic E-state index is -0.342. The molecule has 0 unspecified atom stereocenters. The second-order valence-electron chi connectivity index (χ2n) is 6.15. The van der Waals surface area contributed by atoms with Gasteiger partial charge >= 0.3 is 0 Å². The number of aryl methyl sites for hydroxylation is 2. The van der Waals surface area contributed by atoms with Crippen LogP contribution in [0, 0.1) is 13.8 Å². The summed E-state index contributed by atoms with van der Waals surface area (Å²) in [4.78, 5) is 27.8. The highest BCUT2D eigenvalue weighted by atomic mass is 32.1. The van der Waals surface area contributed by atoms with Crippen LogP contribution in [0.5, 0.6) is 0 Å². The van der Waals surface area contributed by atoms with Crippen LogP contribution < -0.4 is 5.32 Å². The van der Waals surface area contributed by atoms with Gasteiger partial charge in [0, 0.05) is 23.2 Å². The van der Waals surface area contributed by atoms with Crippen molar-refractivity contribution >= 4 is 28.8 Å². The number of carbonyl (C=O) groups is 2. The normalized spacial score (nSPS) is 10.6. The SMILES string of the molecule is Cc1ccc(C(=O)N(C)Cc2sccc2C)cc1NC(=O)c1ccco1. The van der Waals surface area contributed by atoms with Gasteiger partial charge in [0.2, 0.25) is 0 Å². The third kappa shape index (κ3) is 3.86. The molecule has 2 aromatic heterocycles. The maximum atomic E-state index is 12.8. The monoisotopic (exact) mass is 368 g/mol. The molecule has 0 radical (unpaired) electrons. The van der Waals surface area contributed by atoms with Gasteiger partial charge in [0.25, 0.3) is 11.8 Å². The Kier molecular flexibility index (Phi) is 5.23. The van der Waals surface area contributed by atoms with Crippen molar-refractivity contribution in [3.8, 4) is 0 Å². The van der Waals surface area contributed by atoms with Crippen LogP contribution in [0.15, 0.2) is 52.5 Å². The molecule has 134 valence electrons. The summed E-state index contributed by atoms with van der Waals surface area (Å²) < 4.78 is 5.11. The summed E-state index contributed by atoms with van der Waals surface area (Å²) in [7, 11) is 1.78. The third-order valence-corrected chi connectivity index (χ3v) is 5.18. The Balaban J connectivity index is 1.76. The topological polar surface area (TPSA) is 62.6 Å². The molecule has 0 saturated carbocycles. The van der Waals surface area contributed by atoms with Crippen LogP contribution in [-0.4, -0.2) is 23.8 Å². The van der Waals surface area contributed by atoms with Crippen LogP contribution in [0.4, 0.5) is 5.69 Å².